The Morgan fingerprint density at radius 2 is 0.750 bits per heavy atom. The molecule has 3 nitrogen and oxygen atoms in total. The summed E-state index contributed by atoms with van der Waals surface area (Å²) in [6.07, 6.45) is 0. The van der Waals surface area contributed by atoms with E-state index >= 15 is 0 Å². The van der Waals surface area contributed by atoms with Gasteiger partial charge in [-0.05, 0) is 92.5 Å². The van der Waals surface area contributed by atoms with E-state index in [1.807, 2.05) is 12.1 Å². The van der Waals surface area contributed by atoms with Crippen LogP contribution in [0.4, 0.5) is 17.1 Å². The molecule has 3 heteroatoms. The smallest absolute Gasteiger partial charge is 0.143 e. The number of rotatable bonds is 5. The van der Waals surface area contributed by atoms with Gasteiger partial charge in [0.15, 0.2) is 0 Å². The molecule has 0 radical (unpaired) electrons. The summed E-state index contributed by atoms with van der Waals surface area (Å²) in [7, 11) is 0. The Morgan fingerprint density at radius 3 is 1.44 bits per heavy atom. The Balaban J connectivity index is 1.06. The molecule has 2 aromatic heterocycles. The van der Waals surface area contributed by atoms with Crippen LogP contribution < -0.4 is 4.90 Å². The van der Waals surface area contributed by atoms with Crippen molar-refractivity contribution >= 4 is 60.9 Å². The highest BCUT2D eigenvalue weighted by molar-refractivity contribution is 6.15. The zero-order valence-corrected chi connectivity index (χ0v) is 34.6. The normalized spacial score (nSPS) is 13.1. The highest BCUT2D eigenvalue weighted by Crippen LogP contribution is 2.63. The Hall–Kier alpha value is -8.40. The highest BCUT2D eigenvalue weighted by atomic mass is 16.3. The Morgan fingerprint density at radius 1 is 0.297 bits per heavy atom. The molecule has 64 heavy (non-hydrogen) atoms. The minimum absolute atomic E-state index is 0.437. The molecule has 0 bridgehead atoms. The number of hydrogen-bond donors (Lipinski definition) is 0. The molecular formula is C61H37NO2. The molecule has 0 atom stereocenters. The second-order valence-electron chi connectivity index (χ2n) is 17.0. The summed E-state index contributed by atoms with van der Waals surface area (Å²) in [4.78, 5) is 2.47. The summed E-state index contributed by atoms with van der Waals surface area (Å²) >= 11 is 0. The van der Waals surface area contributed by atoms with E-state index < -0.39 is 5.41 Å². The van der Waals surface area contributed by atoms with Crippen LogP contribution >= 0.6 is 0 Å². The molecule has 2 aliphatic rings. The van der Waals surface area contributed by atoms with Crippen molar-refractivity contribution in [2.75, 3.05) is 4.90 Å². The maximum atomic E-state index is 6.74. The van der Waals surface area contributed by atoms with Gasteiger partial charge < -0.3 is 13.7 Å². The van der Waals surface area contributed by atoms with Gasteiger partial charge in [-0.3, -0.25) is 0 Å². The van der Waals surface area contributed by atoms with E-state index in [-0.39, 0.29) is 0 Å². The SMILES string of the molecule is c1ccc(N(c2ccc3c(c2)-c2ccccc2C32c3ccccc3-c3ccccc32)c2ccccc2-c2cccc3oc4ccccc4c23)c(-c2cccc3c2oc2ccccc23)c1. The summed E-state index contributed by atoms with van der Waals surface area (Å²) in [6, 6.07) is 81.5. The Kier molecular flexibility index (Phi) is 7.32. The third kappa shape index (κ3) is 4.70. The number of fused-ring (bicyclic) bond motifs is 16. The predicted molar refractivity (Wildman–Crippen MR) is 263 cm³/mol. The molecule has 0 unspecified atom stereocenters. The molecule has 0 saturated heterocycles. The van der Waals surface area contributed by atoms with Crippen LogP contribution in [0.5, 0.6) is 0 Å². The minimum atomic E-state index is -0.437. The van der Waals surface area contributed by atoms with Crippen molar-refractivity contribution in [3.8, 4) is 44.5 Å². The summed E-state index contributed by atoms with van der Waals surface area (Å²) < 4.78 is 13.2. The monoisotopic (exact) mass is 815 g/mol. The third-order valence-electron chi connectivity index (χ3n) is 13.9. The fourth-order valence-electron chi connectivity index (χ4n) is 11.4. The van der Waals surface area contributed by atoms with E-state index in [9.17, 15) is 0 Å². The van der Waals surface area contributed by atoms with Crippen LogP contribution in [-0.2, 0) is 5.41 Å². The maximum absolute atomic E-state index is 6.74. The maximum Gasteiger partial charge on any atom is 0.143 e. The third-order valence-corrected chi connectivity index (χ3v) is 13.9. The van der Waals surface area contributed by atoms with Gasteiger partial charge in [0.2, 0.25) is 0 Å². The first kappa shape index (κ1) is 35.2. The molecule has 2 heterocycles. The largest absolute Gasteiger partial charge is 0.456 e. The molecule has 298 valence electrons. The van der Waals surface area contributed by atoms with Crippen LogP contribution in [0.2, 0.25) is 0 Å². The van der Waals surface area contributed by atoms with Crippen LogP contribution in [-0.4, -0.2) is 0 Å². The lowest BCUT2D eigenvalue weighted by atomic mass is 9.70. The zero-order chi connectivity index (χ0) is 41.9. The number of hydrogen-bond acceptors (Lipinski definition) is 3. The summed E-state index contributed by atoms with van der Waals surface area (Å²) in [6.45, 7) is 0. The van der Waals surface area contributed by atoms with Gasteiger partial charge in [0.05, 0.1) is 16.8 Å². The lowest BCUT2D eigenvalue weighted by Gasteiger charge is -2.32. The van der Waals surface area contributed by atoms with Crippen molar-refractivity contribution in [3.63, 3.8) is 0 Å². The lowest BCUT2D eigenvalue weighted by molar-refractivity contribution is 0.669. The van der Waals surface area contributed by atoms with Gasteiger partial charge in [-0.1, -0.05) is 182 Å². The van der Waals surface area contributed by atoms with Gasteiger partial charge in [0.1, 0.15) is 22.3 Å². The van der Waals surface area contributed by atoms with Crippen molar-refractivity contribution in [3.05, 3.63) is 247 Å². The van der Waals surface area contributed by atoms with Crippen molar-refractivity contribution in [1.82, 2.24) is 0 Å². The molecular weight excluding hydrogens is 779 g/mol. The number of para-hydroxylation sites is 5. The molecule has 0 aliphatic heterocycles. The second kappa shape index (κ2) is 13.3. The van der Waals surface area contributed by atoms with Gasteiger partial charge in [0.25, 0.3) is 0 Å². The van der Waals surface area contributed by atoms with E-state index in [1.165, 1.54) is 44.5 Å². The molecule has 14 rings (SSSR count). The summed E-state index contributed by atoms with van der Waals surface area (Å²) in [5.41, 5.74) is 21.0. The average Bonchev–Trinajstić information content (AvgIpc) is 4.10. The average molecular weight is 816 g/mol. The van der Waals surface area contributed by atoms with Crippen molar-refractivity contribution in [2.24, 2.45) is 0 Å². The first-order valence-electron chi connectivity index (χ1n) is 22.0. The first-order chi connectivity index (χ1) is 31.8. The summed E-state index contributed by atoms with van der Waals surface area (Å²) in [5, 5.41) is 4.42. The number of anilines is 3. The topological polar surface area (TPSA) is 29.5 Å². The number of nitrogens with zero attached hydrogens (tertiary/aromatic N) is 1. The lowest BCUT2D eigenvalue weighted by Crippen LogP contribution is -2.25. The van der Waals surface area contributed by atoms with Crippen molar-refractivity contribution < 1.29 is 8.83 Å². The molecule has 10 aromatic carbocycles. The van der Waals surface area contributed by atoms with Gasteiger partial charge >= 0.3 is 0 Å². The van der Waals surface area contributed by atoms with Crippen LogP contribution in [0, 0.1) is 0 Å². The van der Waals surface area contributed by atoms with Crippen LogP contribution in [0.15, 0.2) is 233 Å². The first-order valence-corrected chi connectivity index (χ1v) is 22.0. The van der Waals surface area contributed by atoms with E-state index in [0.29, 0.717) is 0 Å². The fourth-order valence-corrected chi connectivity index (χ4v) is 11.4. The molecule has 0 fully saturated rings. The molecule has 0 N–H and O–H groups in total. The van der Waals surface area contributed by atoms with Gasteiger partial charge in [-0.2, -0.15) is 0 Å². The number of benzene rings is 10. The van der Waals surface area contributed by atoms with Crippen LogP contribution in [0.3, 0.4) is 0 Å². The number of furan rings is 2. The fraction of sp³-hybridized carbons (Fsp3) is 0.0164. The minimum Gasteiger partial charge on any atom is -0.456 e. The van der Waals surface area contributed by atoms with Crippen LogP contribution in [0.1, 0.15) is 22.3 Å². The van der Waals surface area contributed by atoms with E-state index in [4.69, 9.17) is 8.83 Å². The van der Waals surface area contributed by atoms with E-state index in [1.54, 1.807) is 0 Å². The van der Waals surface area contributed by atoms with Gasteiger partial charge in [-0.15, -0.1) is 0 Å². The molecule has 1 spiro atoms. The zero-order valence-electron chi connectivity index (χ0n) is 34.6. The van der Waals surface area contributed by atoms with Gasteiger partial charge in [-0.25, -0.2) is 0 Å². The standard InChI is InChI=1S/C61H37NO2/c1-8-27-50-39(17-1)40-18-2-9-28-51(40)61(50)52-29-10-3-19-41(52)49-37-38(35-36-53(49)61)62(54-30-11-4-20-42(54)45-24-16-34-58-59(45)48-23-7-14-33-57(48)63-58)55-31-12-5-21-43(55)46-25-15-26-47-44-22-6-13-32-56(44)64-60(46)47/h1-37H. The molecule has 2 aliphatic carbocycles. The quantitative estimate of drug-likeness (QED) is 0.173. The summed E-state index contributed by atoms with van der Waals surface area (Å²) in [5.74, 6) is 0. The predicted octanol–water partition coefficient (Wildman–Crippen LogP) is 16.6. The van der Waals surface area contributed by atoms with Gasteiger partial charge in [0, 0.05) is 43.9 Å². The molecule has 0 saturated carbocycles. The Labute approximate surface area is 369 Å². The van der Waals surface area contributed by atoms with E-state index in [0.717, 1.165) is 83.2 Å². The molecule has 0 amide bonds. The highest BCUT2D eigenvalue weighted by Gasteiger charge is 2.51. The van der Waals surface area contributed by atoms with Crippen molar-refractivity contribution in [2.45, 2.75) is 5.41 Å². The van der Waals surface area contributed by atoms with Crippen molar-refractivity contribution in [1.29, 1.82) is 0 Å². The second-order valence-corrected chi connectivity index (χ2v) is 17.0. The Bertz CT molecular complexity index is 3840. The van der Waals surface area contributed by atoms with Crippen LogP contribution in [0.25, 0.3) is 88.4 Å². The van der Waals surface area contributed by atoms with E-state index in [2.05, 4.69) is 217 Å². The molecule has 12 aromatic rings.